The van der Waals surface area contributed by atoms with E-state index in [9.17, 15) is 14.9 Å². The molecule has 1 aliphatic heterocycles. The van der Waals surface area contributed by atoms with Crippen molar-refractivity contribution in [2.75, 3.05) is 13.1 Å². The largest absolute Gasteiger partial charge is 0.339 e. The number of nitro groups is 1. The third-order valence-electron chi connectivity index (χ3n) is 4.44. The zero-order valence-corrected chi connectivity index (χ0v) is 13.8. The molecular weight excluding hydrogens is 328 g/mol. The number of benzene rings is 2. The van der Waals surface area contributed by atoms with Gasteiger partial charge in [-0.1, -0.05) is 41.9 Å². The summed E-state index contributed by atoms with van der Waals surface area (Å²) in [7, 11) is 0. The zero-order valence-electron chi connectivity index (χ0n) is 13.0. The number of likely N-dealkylation sites (tertiary alicyclic amines) is 1. The lowest BCUT2D eigenvalue weighted by Gasteiger charge is -2.32. The molecular formula is C18H17ClN2O3. The fourth-order valence-electron chi connectivity index (χ4n) is 3.11. The number of hydrogen-bond acceptors (Lipinski definition) is 3. The van der Waals surface area contributed by atoms with Crippen LogP contribution in [-0.2, 0) is 0 Å². The van der Waals surface area contributed by atoms with Gasteiger partial charge in [-0.2, -0.15) is 0 Å². The van der Waals surface area contributed by atoms with Gasteiger partial charge in [0.05, 0.1) is 4.92 Å². The minimum Gasteiger partial charge on any atom is -0.339 e. The van der Waals surface area contributed by atoms with E-state index in [2.05, 4.69) is 12.1 Å². The number of rotatable bonds is 3. The molecule has 2 aromatic carbocycles. The summed E-state index contributed by atoms with van der Waals surface area (Å²) in [5.41, 5.74) is 1.37. The Bertz CT molecular complexity index is 756. The van der Waals surface area contributed by atoms with Crippen molar-refractivity contribution in [1.29, 1.82) is 0 Å². The molecule has 0 bridgehead atoms. The number of amides is 1. The molecule has 5 nitrogen and oxygen atoms in total. The van der Waals surface area contributed by atoms with E-state index in [4.69, 9.17) is 11.6 Å². The van der Waals surface area contributed by atoms with Crippen LogP contribution in [0.25, 0.3) is 0 Å². The van der Waals surface area contributed by atoms with E-state index < -0.39 is 4.92 Å². The average molecular weight is 345 g/mol. The number of halogens is 1. The molecule has 0 atom stereocenters. The van der Waals surface area contributed by atoms with Crippen LogP contribution in [-0.4, -0.2) is 28.8 Å². The number of carbonyl (C=O) groups is 1. The van der Waals surface area contributed by atoms with Gasteiger partial charge in [0.15, 0.2) is 0 Å². The molecule has 24 heavy (non-hydrogen) atoms. The molecule has 1 saturated heterocycles. The molecule has 1 heterocycles. The molecule has 1 fully saturated rings. The number of nitro benzene ring substituents is 1. The third kappa shape index (κ3) is 3.41. The van der Waals surface area contributed by atoms with Gasteiger partial charge in [-0.25, -0.2) is 0 Å². The quantitative estimate of drug-likeness (QED) is 0.617. The molecule has 0 aliphatic carbocycles. The number of nitrogens with zero attached hydrogens (tertiary/aromatic N) is 2. The van der Waals surface area contributed by atoms with Crippen LogP contribution in [0.1, 0.15) is 34.7 Å². The molecule has 0 saturated carbocycles. The smallest absolute Gasteiger partial charge is 0.288 e. The lowest BCUT2D eigenvalue weighted by molar-refractivity contribution is -0.384. The van der Waals surface area contributed by atoms with Crippen LogP contribution in [0.2, 0.25) is 5.02 Å². The molecule has 0 unspecified atom stereocenters. The first-order valence-electron chi connectivity index (χ1n) is 7.84. The van der Waals surface area contributed by atoms with Gasteiger partial charge < -0.3 is 4.90 Å². The number of piperidine rings is 1. The van der Waals surface area contributed by atoms with Gasteiger partial charge in [-0.3, -0.25) is 14.9 Å². The van der Waals surface area contributed by atoms with E-state index in [1.54, 1.807) is 11.0 Å². The highest BCUT2D eigenvalue weighted by Gasteiger charge is 2.26. The van der Waals surface area contributed by atoms with Gasteiger partial charge in [0.2, 0.25) is 0 Å². The molecule has 3 rings (SSSR count). The molecule has 2 aromatic rings. The molecule has 6 heteroatoms. The van der Waals surface area contributed by atoms with Gasteiger partial charge in [0.1, 0.15) is 5.02 Å². The summed E-state index contributed by atoms with van der Waals surface area (Å²) in [5, 5.41) is 11.0. The van der Waals surface area contributed by atoms with E-state index in [0.29, 0.717) is 24.6 Å². The van der Waals surface area contributed by atoms with Crippen LogP contribution in [0.5, 0.6) is 0 Å². The molecule has 0 aromatic heterocycles. The van der Waals surface area contributed by atoms with Crippen LogP contribution >= 0.6 is 11.6 Å². The van der Waals surface area contributed by atoms with Crippen LogP contribution in [0.4, 0.5) is 5.69 Å². The second-order valence-corrected chi connectivity index (χ2v) is 6.31. The van der Waals surface area contributed by atoms with Gasteiger partial charge in [0.25, 0.3) is 11.6 Å². The number of carbonyl (C=O) groups excluding carboxylic acids is 1. The standard InChI is InChI=1S/C18H17ClN2O3/c19-16-7-6-15(12-17(16)21(23)24)18(22)20-10-8-14(9-11-20)13-4-2-1-3-5-13/h1-7,12,14H,8-11H2. The fourth-order valence-corrected chi connectivity index (χ4v) is 3.30. The Balaban J connectivity index is 1.69. The predicted octanol–water partition coefficient (Wildman–Crippen LogP) is 4.27. The van der Waals surface area contributed by atoms with Crippen LogP contribution in [0.3, 0.4) is 0 Å². The van der Waals surface area contributed by atoms with Crippen molar-refractivity contribution in [2.24, 2.45) is 0 Å². The summed E-state index contributed by atoms with van der Waals surface area (Å²) >= 11 is 5.80. The summed E-state index contributed by atoms with van der Waals surface area (Å²) in [6, 6.07) is 14.5. The monoisotopic (exact) mass is 344 g/mol. The second-order valence-electron chi connectivity index (χ2n) is 5.90. The van der Waals surface area contributed by atoms with Crippen molar-refractivity contribution in [1.82, 2.24) is 4.90 Å². The SMILES string of the molecule is O=C(c1ccc(Cl)c([N+](=O)[O-])c1)N1CCC(c2ccccc2)CC1. The van der Waals surface area contributed by atoms with Crippen molar-refractivity contribution >= 4 is 23.2 Å². The Morgan fingerprint density at radius 3 is 2.42 bits per heavy atom. The lowest BCUT2D eigenvalue weighted by atomic mass is 9.89. The Kier molecular flexibility index (Phi) is 4.81. The van der Waals surface area contributed by atoms with Gasteiger partial charge >= 0.3 is 0 Å². The van der Waals surface area contributed by atoms with Crippen molar-refractivity contribution < 1.29 is 9.72 Å². The minimum absolute atomic E-state index is 0.0411. The fraction of sp³-hybridized carbons (Fsp3) is 0.278. The molecule has 0 radical (unpaired) electrons. The predicted molar refractivity (Wildman–Crippen MR) is 92.4 cm³/mol. The highest BCUT2D eigenvalue weighted by molar-refractivity contribution is 6.32. The molecule has 0 spiro atoms. The maximum atomic E-state index is 12.6. The summed E-state index contributed by atoms with van der Waals surface area (Å²) in [5.74, 6) is 0.274. The van der Waals surface area contributed by atoms with Gasteiger partial charge in [-0.05, 0) is 36.5 Å². The summed E-state index contributed by atoms with van der Waals surface area (Å²) in [4.78, 5) is 24.7. The molecule has 1 amide bonds. The first-order chi connectivity index (χ1) is 11.6. The Morgan fingerprint density at radius 1 is 1.12 bits per heavy atom. The van der Waals surface area contributed by atoms with Crippen LogP contribution in [0, 0.1) is 10.1 Å². The number of hydrogen-bond donors (Lipinski definition) is 0. The van der Waals surface area contributed by atoms with Crippen molar-refractivity contribution in [3.05, 3.63) is 74.8 Å². The van der Waals surface area contributed by atoms with Crippen molar-refractivity contribution in [3.8, 4) is 0 Å². The van der Waals surface area contributed by atoms with E-state index in [1.165, 1.54) is 17.7 Å². The van der Waals surface area contributed by atoms with Crippen molar-refractivity contribution in [2.45, 2.75) is 18.8 Å². The highest BCUT2D eigenvalue weighted by Crippen LogP contribution is 2.30. The van der Waals surface area contributed by atoms with E-state index in [0.717, 1.165) is 12.8 Å². The van der Waals surface area contributed by atoms with Crippen LogP contribution in [0.15, 0.2) is 48.5 Å². The van der Waals surface area contributed by atoms with Crippen LogP contribution < -0.4 is 0 Å². The zero-order chi connectivity index (χ0) is 17.1. The summed E-state index contributed by atoms with van der Waals surface area (Å²) < 4.78 is 0. The van der Waals surface area contributed by atoms with Crippen molar-refractivity contribution in [3.63, 3.8) is 0 Å². The topological polar surface area (TPSA) is 63.4 Å². The van der Waals surface area contributed by atoms with Gasteiger partial charge in [-0.15, -0.1) is 0 Å². The Labute approximate surface area is 145 Å². The highest BCUT2D eigenvalue weighted by atomic mass is 35.5. The summed E-state index contributed by atoms with van der Waals surface area (Å²) in [6.07, 6.45) is 1.79. The second kappa shape index (κ2) is 7.01. The normalized spacial score (nSPS) is 15.3. The van der Waals surface area contributed by atoms with E-state index in [-0.39, 0.29) is 16.6 Å². The third-order valence-corrected chi connectivity index (χ3v) is 4.76. The van der Waals surface area contributed by atoms with Gasteiger partial charge in [0, 0.05) is 24.7 Å². The minimum atomic E-state index is -0.569. The average Bonchev–Trinajstić information content (AvgIpc) is 2.62. The molecule has 0 N–H and O–H groups in total. The Hall–Kier alpha value is -2.40. The molecule has 124 valence electrons. The molecule has 1 aliphatic rings. The first-order valence-corrected chi connectivity index (χ1v) is 8.22. The van der Waals surface area contributed by atoms with E-state index >= 15 is 0 Å². The van der Waals surface area contributed by atoms with E-state index in [1.807, 2.05) is 18.2 Å². The maximum Gasteiger partial charge on any atom is 0.288 e. The maximum absolute atomic E-state index is 12.6. The Morgan fingerprint density at radius 2 is 1.79 bits per heavy atom. The first kappa shape index (κ1) is 16.5. The summed E-state index contributed by atoms with van der Waals surface area (Å²) in [6.45, 7) is 1.30. The lowest BCUT2D eigenvalue weighted by Crippen LogP contribution is -2.37.